The topological polar surface area (TPSA) is 64.4 Å². The fourth-order valence-electron chi connectivity index (χ4n) is 2.32. The van der Waals surface area contributed by atoms with Crippen LogP contribution in [0.15, 0.2) is 0 Å². The molecule has 0 aliphatic heterocycles. The molecule has 1 rings (SSSR count). The van der Waals surface area contributed by atoms with Crippen molar-refractivity contribution in [2.24, 2.45) is 5.73 Å². The van der Waals surface area contributed by atoms with E-state index in [1.54, 1.807) is 11.8 Å². The molecule has 0 bridgehead atoms. The Balaban J connectivity index is 2.33. The number of alkyl halides is 3. The third-order valence-electron chi connectivity index (χ3n) is 3.42. The van der Waals surface area contributed by atoms with E-state index in [-0.39, 0.29) is 11.9 Å². The standard InChI is InChI=1S/C13H23F3N2O2S/c1-21-6-5-11(17)12(19)18-9-3-2-4-10(7-9)20-8-13(14,15)16/h9-11H,2-8,17H2,1H3,(H,18,19)/t9?,10?,11-/m1/s1. The molecule has 0 aromatic heterocycles. The molecule has 1 amide bonds. The SMILES string of the molecule is CSCC[C@@H](N)C(=O)NC1CCCC(OCC(F)(F)F)C1. The van der Waals surface area contributed by atoms with E-state index < -0.39 is 24.9 Å². The zero-order valence-electron chi connectivity index (χ0n) is 12.1. The number of carbonyl (C=O) groups is 1. The van der Waals surface area contributed by atoms with Crippen LogP contribution in [0.5, 0.6) is 0 Å². The van der Waals surface area contributed by atoms with Crippen LogP contribution in [0.25, 0.3) is 0 Å². The molecule has 1 saturated carbocycles. The largest absolute Gasteiger partial charge is 0.411 e. The monoisotopic (exact) mass is 328 g/mol. The van der Waals surface area contributed by atoms with E-state index in [9.17, 15) is 18.0 Å². The second-order valence-corrected chi connectivity index (χ2v) is 6.29. The van der Waals surface area contributed by atoms with E-state index in [0.717, 1.165) is 18.6 Å². The van der Waals surface area contributed by atoms with Gasteiger partial charge in [-0.3, -0.25) is 4.79 Å². The van der Waals surface area contributed by atoms with Crippen molar-refractivity contribution in [3.8, 4) is 0 Å². The van der Waals surface area contributed by atoms with Gasteiger partial charge in [-0.25, -0.2) is 0 Å². The van der Waals surface area contributed by atoms with Gasteiger partial charge in [-0.2, -0.15) is 24.9 Å². The van der Waals surface area contributed by atoms with Crippen molar-refractivity contribution in [1.82, 2.24) is 5.32 Å². The van der Waals surface area contributed by atoms with E-state index in [2.05, 4.69) is 5.32 Å². The highest BCUT2D eigenvalue weighted by Crippen LogP contribution is 2.24. The van der Waals surface area contributed by atoms with Gasteiger partial charge in [0.2, 0.25) is 5.91 Å². The Bertz CT molecular complexity index is 329. The van der Waals surface area contributed by atoms with Crippen molar-refractivity contribution in [2.75, 3.05) is 18.6 Å². The molecule has 1 fully saturated rings. The van der Waals surface area contributed by atoms with Gasteiger partial charge in [-0.15, -0.1) is 0 Å². The summed E-state index contributed by atoms with van der Waals surface area (Å²) in [5.74, 6) is 0.571. The maximum atomic E-state index is 12.1. The van der Waals surface area contributed by atoms with Crippen LogP contribution in [0.4, 0.5) is 13.2 Å². The summed E-state index contributed by atoms with van der Waals surface area (Å²) in [6.45, 7) is -1.23. The Morgan fingerprint density at radius 1 is 1.48 bits per heavy atom. The highest BCUT2D eigenvalue weighted by molar-refractivity contribution is 7.98. The molecule has 0 radical (unpaired) electrons. The number of carbonyl (C=O) groups excluding carboxylic acids is 1. The molecule has 1 aliphatic rings. The number of hydrogen-bond donors (Lipinski definition) is 2. The molecule has 0 heterocycles. The second-order valence-electron chi connectivity index (χ2n) is 5.31. The maximum Gasteiger partial charge on any atom is 0.411 e. The van der Waals surface area contributed by atoms with Crippen LogP contribution in [0.2, 0.25) is 0 Å². The summed E-state index contributed by atoms with van der Waals surface area (Å²) in [7, 11) is 0. The molecule has 0 aromatic carbocycles. The summed E-state index contributed by atoms with van der Waals surface area (Å²) in [6, 6.07) is -0.710. The zero-order chi connectivity index (χ0) is 15.9. The summed E-state index contributed by atoms with van der Waals surface area (Å²) >= 11 is 1.62. The molecule has 21 heavy (non-hydrogen) atoms. The van der Waals surface area contributed by atoms with E-state index in [4.69, 9.17) is 10.5 Å². The van der Waals surface area contributed by atoms with Crippen molar-refractivity contribution < 1.29 is 22.7 Å². The van der Waals surface area contributed by atoms with Crippen LogP contribution >= 0.6 is 11.8 Å². The molecule has 0 spiro atoms. The molecule has 3 N–H and O–H groups in total. The van der Waals surface area contributed by atoms with Gasteiger partial charge in [0.25, 0.3) is 0 Å². The lowest BCUT2D eigenvalue weighted by Crippen LogP contribution is -2.48. The maximum absolute atomic E-state index is 12.1. The highest BCUT2D eigenvalue weighted by atomic mass is 32.2. The molecule has 0 saturated heterocycles. The fraction of sp³-hybridized carbons (Fsp3) is 0.923. The molecular formula is C13H23F3N2O2S. The molecule has 0 aromatic rings. The summed E-state index contributed by atoms with van der Waals surface area (Å²) in [6.07, 6.45) is 0.282. The third kappa shape index (κ3) is 7.92. The lowest BCUT2D eigenvalue weighted by Gasteiger charge is -2.30. The summed E-state index contributed by atoms with van der Waals surface area (Å²) in [5, 5.41) is 2.82. The molecule has 1 aliphatic carbocycles. The van der Waals surface area contributed by atoms with Crippen LogP contribution in [-0.2, 0) is 9.53 Å². The van der Waals surface area contributed by atoms with Gasteiger partial charge in [-0.05, 0) is 44.1 Å². The average Bonchev–Trinajstić information content (AvgIpc) is 2.42. The predicted molar refractivity (Wildman–Crippen MR) is 77.2 cm³/mol. The number of halogens is 3. The number of ether oxygens (including phenoxy) is 1. The smallest absolute Gasteiger partial charge is 0.369 e. The highest BCUT2D eigenvalue weighted by Gasteiger charge is 2.31. The summed E-state index contributed by atoms with van der Waals surface area (Å²) < 4.78 is 41.3. The van der Waals surface area contributed by atoms with E-state index in [0.29, 0.717) is 19.3 Å². The van der Waals surface area contributed by atoms with Crippen molar-refractivity contribution >= 4 is 17.7 Å². The van der Waals surface area contributed by atoms with Gasteiger partial charge in [0.05, 0.1) is 12.1 Å². The van der Waals surface area contributed by atoms with Gasteiger partial charge in [0.15, 0.2) is 0 Å². The van der Waals surface area contributed by atoms with Crippen LogP contribution in [0.1, 0.15) is 32.1 Å². The Morgan fingerprint density at radius 2 is 2.19 bits per heavy atom. The minimum Gasteiger partial charge on any atom is -0.369 e. The van der Waals surface area contributed by atoms with Crippen molar-refractivity contribution in [1.29, 1.82) is 0 Å². The second kappa shape index (κ2) is 8.85. The molecule has 4 nitrogen and oxygen atoms in total. The van der Waals surface area contributed by atoms with Crippen LogP contribution in [0.3, 0.4) is 0 Å². The summed E-state index contributed by atoms with van der Waals surface area (Å²) in [4.78, 5) is 11.9. The van der Waals surface area contributed by atoms with Crippen LogP contribution in [-0.4, -0.2) is 48.9 Å². The van der Waals surface area contributed by atoms with Gasteiger partial charge in [-0.1, -0.05) is 0 Å². The zero-order valence-corrected chi connectivity index (χ0v) is 12.9. The van der Waals surface area contributed by atoms with Gasteiger partial charge < -0.3 is 15.8 Å². The minimum atomic E-state index is -4.31. The number of amides is 1. The number of rotatable bonds is 7. The predicted octanol–water partition coefficient (Wildman–Crippen LogP) is 2.07. The van der Waals surface area contributed by atoms with E-state index in [1.807, 2.05) is 6.26 Å². The molecule has 2 unspecified atom stereocenters. The average molecular weight is 328 g/mol. The number of nitrogens with two attached hydrogens (primary N) is 1. The van der Waals surface area contributed by atoms with E-state index in [1.165, 1.54) is 0 Å². The molecular weight excluding hydrogens is 305 g/mol. The first-order chi connectivity index (χ1) is 9.81. The lowest BCUT2D eigenvalue weighted by atomic mass is 9.92. The fourth-order valence-corrected chi connectivity index (χ4v) is 2.81. The van der Waals surface area contributed by atoms with Crippen molar-refractivity contribution in [3.63, 3.8) is 0 Å². The number of hydrogen-bond acceptors (Lipinski definition) is 4. The lowest BCUT2D eigenvalue weighted by molar-refractivity contribution is -0.188. The third-order valence-corrected chi connectivity index (χ3v) is 4.07. The Kier molecular flexibility index (Phi) is 7.83. The van der Waals surface area contributed by atoms with Crippen molar-refractivity contribution in [3.05, 3.63) is 0 Å². The van der Waals surface area contributed by atoms with Gasteiger partial charge in [0, 0.05) is 6.04 Å². The Morgan fingerprint density at radius 3 is 2.81 bits per heavy atom. The first-order valence-electron chi connectivity index (χ1n) is 7.05. The van der Waals surface area contributed by atoms with Gasteiger partial charge >= 0.3 is 6.18 Å². The molecule has 3 atom stereocenters. The minimum absolute atomic E-state index is 0.148. The summed E-state index contributed by atoms with van der Waals surface area (Å²) in [5.41, 5.74) is 5.77. The first kappa shape index (κ1) is 18.6. The Hall–Kier alpha value is -0.470. The van der Waals surface area contributed by atoms with Crippen LogP contribution in [0, 0.1) is 0 Å². The van der Waals surface area contributed by atoms with E-state index >= 15 is 0 Å². The van der Waals surface area contributed by atoms with Crippen molar-refractivity contribution in [2.45, 2.75) is 56.5 Å². The molecule has 8 heteroatoms. The number of thioether (sulfide) groups is 1. The first-order valence-corrected chi connectivity index (χ1v) is 8.44. The molecule has 124 valence electrons. The van der Waals surface area contributed by atoms with Crippen LogP contribution < -0.4 is 11.1 Å². The quantitative estimate of drug-likeness (QED) is 0.751. The van der Waals surface area contributed by atoms with Gasteiger partial charge in [0.1, 0.15) is 6.61 Å². The number of nitrogens with one attached hydrogen (secondary N) is 1. The Labute approximate surface area is 127 Å². The normalized spacial score (nSPS) is 24.6.